The van der Waals surface area contributed by atoms with E-state index in [9.17, 15) is 14.4 Å². The first-order valence-corrected chi connectivity index (χ1v) is 11.2. The highest BCUT2D eigenvalue weighted by atomic mass is 79.9. The Bertz CT molecular complexity index is 1270. The second-order valence-electron chi connectivity index (χ2n) is 7.52. The van der Waals surface area contributed by atoms with Crippen LogP contribution in [0.25, 0.3) is 6.08 Å². The molecule has 0 saturated carbocycles. The number of nitrogens with zero attached hydrogens (tertiary/aromatic N) is 1. The fourth-order valence-corrected chi connectivity index (χ4v) is 3.77. The van der Waals surface area contributed by atoms with Crippen LogP contribution >= 0.6 is 15.9 Å². The van der Waals surface area contributed by atoms with Crippen molar-refractivity contribution in [2.75, 3.05) is 12.0 Å². The zero-order chi connectivity index (χ0) is 24.2. The molecule has 1 heterocycles. The number of hydrogen-bond acceptors (Lipinski definition) is 5. The predicted molar refractivity (Wildman–Crippen MR) is 132 cm³/mol. The van der Waals surface area contributed by atoms with Gasteiger partial charge in [-0.15, -0.1) is 0 Å². The number of benzene rings is 3. The first kappa shape index (κ1) is 23.3. The van der Waals surface area contributed by atoms with Crippen molar-refractivity contribution in [2.45, 2.75) is 13.0 Å². The molecule has 34 heavy (non-hydrogen) atoms. The third kappa shape index (κ3) is 4.87. The number of rotatable bonds is 6. The number of ether oxygens (including phenoxy) is 2. The van der Waals surface area contributed by atoms with E-state index in [4.69, 9.17) is 9.47 Å². The Morgan fingerprint density at radius 2 is 1.65 bits per heavy atom. The highest BCUT2D eigenvalue weighted by Crippen LogP contribution is 2.33. The molecule has 1 aliphatic rings. The maximum atomic E-state index is 13.1. The molecule has 3 aromatic rings. The van der Waals surface area contributed by atoms with Gasteiger partial charge in [-0.2, -0.15) is 0 Å². The fourth-order valence-electron chi connectivity index (χ4n) is 3.50. The number of hydrogen-bond donors (Lipinski definition) is 1. The van der Waals surface area contributed by atoms with Crippen molar-refractivity contribution < 1.29 is 23.9 Å². The van der Waals surface area contributed by atoms with Crippen molar-refractivity contribution in [3.05, 3.63) is 94.0 Å². The van der Waals surface area contributed by atoms with Gasteiger partial charge in [0.15, 0.2) is 11.5 Å². The molecule has 0 bridgehead atoms. The van der Waals surface area contributed by atoms with Gasteiger partial charge < -0.3 is 9.47 Å². The van der Waals surface area contributed by atoms with Gasteiger partial charge in [0.05, 0.1) is 12.8 Å². The third-order valence-corrected chi connectivity index (χ3v) is 5.79. The zero-order valence-electron chi connectivity index (χ0n) is 18.4. The van der Waals surface area contributed by atoms with Gasteiger partial charge in [0.25, 0.3) is 11.8 Å². The van der Waals surface area contributed by atoms with Crippen molar-refractivity contribution in [1.29, 1.82) is 0 Å². The lowest BCUT2D eigenvalue weighted by Crippen LogP contribution is -2.54. The second kappa shape index (κ2) is 9.93. The average Bonchev–Trinajstić information content (AvgIpc) is 2.84. The van der Waals surface area contributed by atoms with Crippen LogP contribution in [0.1, 0.15) is 24.2 Å². The molecule has 8 heteroatoms. The Balaban J connectivity index is 1.62. The van der Waals surface area contributed by atoms with Gasteiger partial charge in [0.1, 0.15) is 11.7 Å². The summed E-state index contributed by atoms with van der Waals surface area (Å²) >= 11 is 3.32. The maximum Gasteiger partial charge on any atom is 0.335 e. The number of imide groups is 2. The minimum absolute atomic E-state index is 0.170. The number of halogens is 1. The van der Waals surface area contributed by atoms with Crippen LogP contribution in [0.2, 0.25) is 0 Å². The summed E-state index contributed by atoms with van der Waals surface area (Å²) in [5.41, 5.74) is 1.73. The molecule has 4 amide bonds. The van der Waals surface area contributed by atoms with E-state index in [-0.39, 0.29) is 11.7 Å². The number of carbonyl (C=O) groups is 3. The smallest absolute Gasteiger partial charge is 0.335 e. The molecule has 1 atom stereocenters. The molecule has 3 aromatic carbocycles. The van der Waals surface area contributed by atoms with Crippen molar-refractivity contribution in [2.24, 2.45) is 0 Å². The minimum atomic E-state index is -0.800. The van der Waals surface area contributed by atoms with E-state index in [1.54, 1.807) is 42.5 Å². The molecule has 0 radical (unpaired) electrons. The van der Waals surface area contributed by atoms with Crippen molar-refractivity contribution >= 4 is 45.5 Å². The normalized spacial score (nSPS) is 15.8. The monoisotopic (exact) mass is 520 g/mol. The molecular weight excluding hydrogens is 500 g/mol. The van der Waals surface area contributed by atoms with Crippen LogP contribution < -0.4 is 19.7 Å². The number of anilines is 1. The van der Waals surface area contributed by atoms with Crippen molar-refractivity contribution in [3.8, 4) is 11.5 Å². The van der Waals surface area contributed by atoms with Gasteiger partial charge in [0.2, 0.25) is 0 Å². The van der Waals surface area contributed by atoms with Gasteiger partial charge in [0, 0.05) is 4.47 Å². The van der Waals surface area contributed by atoms with Gasteiger partial charge in [-0.05, 0) is 60.5 Å². The summed E-state index contributed by atoms with van der Waals surface area (Å²) in [6.07, 6.45) is 1.21. The second-order valence-corrected chi connectivity index (χ2v) is 8.43. The minimum Gasteiger partial charge on any atom is -0.493 e. The van der Waals surface area contributed by atoms with Crippen LogP contribution in [0.3, 0.4) is 0 Å². The standard InChI is InChI=1S/C26H21BrN2O5/c1-16(18-6-4-3-5-7-18)34-22-13-8-17(15-23(22)33-2)14-21-24(30)28-26(32)29(25(21)31)20-11-9-19(27)10-12-20/h3-16H,1-2H3,(H,28,30,32)/b21-14-. The first-order valence-electron chi connectivity index (χ1n) is 10.4. The summed E-state index contributed by atoms with van der Waals surface area (Å²) in [5.74, 6) is -0.512. The molecule has 0 spiro atoms. The first-order chi connectivity index (χ1) is 16.4. The summed E-state index contributed by atoms with van der Waals surface area (Å²) in [6, 6.07) is 20.7. The van der Waals surface area contributed by atoms with Crippen LogP contribution in [0, 0.1) is 0 Å². The topological polar surface area (TPSA) is 84.9 Å². The van der Waals surface area contributed by atoms with Crippen molar-refractivity contribution in [1.82, 2.24) is 5.32 Å². The van der Waals surface area contributed by atoms with Gasteiger partial charge in [-0.3, -0.25) is 14.9 Å². The quantitative estimate of drug-likeness (QED) is 0.353. The Morgan fingerprint density at radius 1 is 0.941 bits per heavy atom. The highest BCUT2D eigenvalue weighted by Gasteiger charge is 2.36. The summed E-state index contributed by atoms with van der Waals surface area (Å²) in [5, 5.41) is 2.22. The fraction of sp³-hybridized carbons (Fsp3) is 0.115. The third-order valence-electron chi connectivity index (χ3n) is 5.26. The largest absolute Gasteiger partial charge is 0.493 e. The SMILES string of the molecule is COc1cc(/C=C2/C(=O)NC(=O)N(c3ccc(Br)cc3)C2=O)ccc1OC(C)c1ccccc1. The Kier molecular flexibility index (Phi) is 6.79. The summed E-state index contributed by atoms with van der Waals surface area (Å²) < 4.78 is 12.3. The molecule has 1 N–H and O–H groups in total. The molecule has 1 unspecified atom stereocenters. The number of barbiturate groups is 1. The lowest BCUT2D eigenvalue weighted by molar-refractivity contribution is -0.122. The molecule has 7 nitrogen and oxygen atoms in total. The number of carbonyl (C=O) groups excluding carboxylic acids is 3. The molecule has 0 aromatic heterocycles. The van der Waals surface area contributed by atoms with Gasteiger partial charge >= 0.3 is 6.03 Å². The lowest BCUT2D eigenvalue weighted by Gasteiger charge is -2.26. The van der Waals surface area contributed by atoms with E-state index in [1.165, 1.54) is 13.2 Å². The lowest BCUT2D eigenvalue weighted by atomic mass is 10.1. The Labute approximate surface area is 205 Å². The molecule has 0 aliphatic carbocycles. The molecule has 1 saturated heterocycles. The van der Waals surface area contributed by atoms with Crippen molar-refractivity contribution in [3.63, 3.8) is 0 Å². The summed E-state index contributed by atoms with van der Waals surface area (Å²) in [7, 11) is 1.51. The van der Waals surface area contributed by atoms with E-state index in [1.807, 2.05) is 37.3 Å². The number of nitrogens with one attached hydrogen (secondary N) is 1. The zero-order valence-corrected chi connectivity index (χ0v) is 20.0. The molecular formula is C26H21BrN2O5. The molecule has 1 fully saturated rings. The summed E-state index contributed by atoms with van der Waals surface area (Å²) in [4.78, 5) is 38.8. The van der Waals surface area contributed by atoms with Crippen LogP contribution in [0.15, 0.2) is 82.8 Å². The summed E-state index contributed by atoms with van der Waals surface area (Å²) in [6.45, 7) is 1.93. The molecule has 4 rings (SSSR count). The van der Waals surface area contributed by atoms with Gasteiger partial charge in [-0.1, -0.05) is 52.3 Å². The van der Waals surface area contributed by atoms with Crippen LogP contribution in [0.4, 0.5) is 10.5 Å². The number of methoxy groups -OCH3 is 1. The molecule has 172 valence electrons. The predicted octanol–water partition coefficient (Wildman–Crippen LogP) is 5.26. The maximum absolute atomic E-state index is 13.1. The van der Waals surface area contributed by atoms with E-state index >= 15 is 0 Å². The van der Waals surface area contributed by atoms with Crippen LogP contribution in [-0.4, -0.2) is 25.0 Å². The van der Waals surface area contributed by atoms with E-state index in [0.717, 1.165) is 14.9 Å². The Hall–Kier alpha value is -3.91. The number of amides is 4. The van der Waals surface area contributed by atoms with Gasteiger partial charge in [-0.25, -0.2) is 9.69 Å². The Morgan fingerprint density at radius 3 is 2.32 bits per heavy atom. The van der Waals surface area contributed by atoms with Crippen LogP contribution in [-0.2, 0) is 9.59 Å². The highest BCUT2D eigenvalue weighted by molar-refractivity contribution is 9.10. The van der Waals surface area contributed by atoms with E-state index < -0.39 is 17.8 Å². The molecule has 1 aliphatic heterocycles. The average molecular weight is 521 g/mol. The van der Waals surface area contributed by atoms with E-state index in [2.05, 4.69) is 21.2 Å². The van der Waals surface area contributed by atoms with E-state index in [0.29, 0.717) is 22.7 Å². The van der Waals surface area contributed by atoms with Crippen LogP contribution in [0.5, 0.6) is 11.5 Å². The number of urea groups is 1.